The average Bonchev–Trinajstić information content (AvgIpc) is 3.16. The first-order valence-corrected chi connectivity index (χ1v) is 7.96. The van der Waals surface area contributed by atoms with E-state index in [0.717, 1.165) is 4.88 Å². The van der Waals surface area contributed by atoms with E-state index in [1.54, 1.807) is 41.0 Å². The van der Waals surface area contributed by atoms with Gasteiger partial charge in [-0.15, -0.1) is 11.3 Å². The van der Waals surface area contributed by atoms with E-state index in [1.165, 1.54) is 22.6 Å². The van der Waals surface area contributed by atoms with Gasteiger partial charge in [-0.25, -0.2) is 0 Å². The fourth-order valence-electron chi connectivity index (χ4n) is 1.80. The molecule has 0 radical (unpaired) electrons. The normalized spacial score (nSPS) is 11.0. The van der Waals surface area contributed by atoms with Crippen LogP contribution in [0.3, 0.4) is 0 Å². The molecule has 0 aliphatic carbocycles. The first-order chi connectivity index (χ1) is 10.2. The van der Waals surface area contributed by atoms with Crippen molar-refractivity contribution in [1.29, 1.82) is 0 Å². The Bertz CT molecular complexity index is 771. The van der Waals surface area contributed by atoms with Gasteiger partial charge < -0.3 is 9.90 Å². The summed E-state index contributed by atoms with van der Waals surface area (Å²) in [7, 11) is 0. The van der Waals surface area contributed by atoms with Gasteiger partial charge in [-0.2, -0.15) is 11.3 Å². The Morgan fingerprint density at radius 3 is 2.57 bits per heavy atom. The molecule has 3 aromatic rings. The molecule has 2 aromatic heterocycles. The lowest BCUT2D eigenvalue weighted by Gasteiger charge is -2.01. The maximum atomic E-state index is 10.7. The third-order valence-electron chi connectivity index (χ3n) is 2.88. The molecular weight excluding hydrogens is 302 g/mol. The van der Waals surface area contributed by atoms with Crippen LogP contribution >= 0.6 is 22.7 Å². The van der Waals surface area contributed by atoms with Crippen molar-refractivity contribution in [3.63, 3.8) is 0 Å². The highest BCUT2D eigenvalue weighted by Crippen LogP contribution is 2.29. The third kappa shape index (κ3) is 3.26. The lowest BCUT2D eigenvalue weighted by Crippen LogP contribution is -2.21. The van der Waals surface area contributed by atoms with Crippen LogP contribution in [0.4, 0.5) is 5.69 Å². The third-order valence-corrected chi connectivity index (χ3v) is 4.63. The molecule has 3 rings (SSSR count). The van der Waals surface area contributed by atoms with E-state index in [2.05, 4.69) is 27.9 Å². The molecule has 0 saturated carbocycles. The number of hydrogen-bond acceptors (Lipinski definition) is 5. The van der Waals surface area contributed by atoms with E-state index in [1.807, 2.05) is 6.07 Å². The molecule has 0 fully saturated rings. The van der Waals surface area contributed by atoms with E-state index in [-0.39, 0.29) is 5.56 Å². The van der Waals surface area contributed by atoms with Crippen LogP contribution in [0.25, 0.3) is 10.4 Å². The fraction of sp³-hybridized carbons (Fsp3) is 0. The Balaban J connectivity index is 1.75. The van der Waals surface area contributed by atoms with Gasteiger partial charge in [-0.3, -0.25) is 4.99 Å². The van der Waals surface area contributed by atoms with Gasteiger partial charge in [0, 0.05) is 21.5 Å². The van der Waals surface area contributed by atoms with Crippen LogP contribution in [-0.4, -0.2) is 12.2 Å². The number of carboxylic acids is 1. The number of carbonyl (C=O) groups is 1. The van der Waals surface area contributed by atoms with Crippen LogP contribution in [0.2, 0.25) is 0 Å². The molecule has 0 unspecified atom stereocenters. The summed E-state index contributed by atoms with van der Waals surface area (Å²) in [6, 6.07) is 12.5. The second-order valence-corrected chi connectivity index (χ2v) is 6.20. The second-order valence-electron chi connectivity index (χ2n) is 4.31. The highest BCUT2D eigenvalue weighted by atomic mass is 32.1. The van der Waals surface area contributed by atoms with Gasteiger partial charge in [0.25, 0.3) is 0 Å². The summed E-state index contributed by atoms with van der Waals surface area (Å²) in [5.74, 6) is -1.18. The van der Waals surface area contributed by atoms with E-state index < -0.39 is 5.97 Å². The van der Waals surface area contributed by atoms with E-state index in [9.17, 15) is 9.90 Å². The molecule has 0 N–H and O–H groups in total. The number of carbonyl (C=O) groups excluding carboxylic acids is 1. The SMILES string of the molecule is O=C([O-])c1ccc(N=Cc2ccc(-c3ccsc3)s2)cc1. The zero-order valence-corrected chi connectivity index (χ0v) is 12.5. The van der Waals surface area contributed by atoms with Crippen LogP contribution in [-0.2, 0) is 0 Å². The Hall–Kier alpha value is -2.24. The molecule has 3 nitrogen and oxygen atoms in total. The highest BCUT2D eigenvalue weighted by molar-refractivity contribution is 7.17. The smallest absolute Gasteiger partial charge is 0.0715 e. The minimum Gasteiger partial charge on any atom is -0.545 e. The van der Waals surface area contributed by atoms with Gasteiger partial charge in [-0.1, -0.05) is 12.1 Å². The number of aromatic carboxylic acids is 1. The molecule has 0 spiro atoms. The molecular formula is C16H10NO2S2-. The van der Waals surface area contributed by atoms with Crippen molar-refractivity contribution in [2.24, 2.45) is 4.99 Å². The molecule has 1 aromatic carbocycles. The van der Waals surface area contributed by atoms with Crippen molar-refractivity contribution in [3.8, 4) is 10.4 Å². The molecule has 21 heavy (non-hydrogen) atoms. The van der Waals surface area contributed by atoms with Crippen molar-refractivity contribution in [2.45, 2.75) is 0 Å². The van der Waals surface area contributed by atoms with Crippen LogP contribution < -0.4 is 5.11 Å². The van der Waals surface area contributed by atoms with Gasteiger partial charge in [0.05, 0.1) is 11.7 Å². The standard InChI is InChI=1S/C16H11NO2S2/c18-16(19)11-1-3-13(4-2-11)17-9-14-5-6-15(21-14)12-7-8-20-10-12/h1-10H,(H,18,19)/p-1. The number of benzene rings is 1. The summed E-state index contributed by atoms with van der Waals surface area (Å²) in [4.78, 5) is 17.3. The minimum absolute atomic E-state index is 0.157. The summed E-state index contributed by atoms with van der Waals surface area (Å²) in [5.41, 5.74) is 2.10. The van der Waals surface area contributed by atoms with E-state index >= 15 is 0 Å². The second kappa shape index (κ2) is 6.03. The molecule has 0 bridgehead atoms. The molecule has 0 atom stereocenters. The summed E-state index contributed by atoms with van der Waals surface area (Å²) >= 11 is 3.35. The Morgan fingerprint density at radius 2 is 1.90 bits per heavy atom. The maximum absolute atomic E-state index is 10.7. The van der Waals surface area contributed by atoms with Crippen molar-refractivity contribution in [3.05, 3.63) is 63.7 Å². The minimum atomic E-state index is -1.18. The first-order valence-electron chi connectivity index (χ1n) is 6.20. The molecule has 104 valence electrons. The molecule has 5 heteroatoms. The van der Waals surface area contributed by atoms with Crippen molar-refractivity contribution < 1.29 is 9.90 Å². The quantitative estimate of drug-likeness (QED) is 0.691. The molecule has 2 heterocycles. The lowest BCUT2D eigenvalue weighted by atomic mass is 10.2. The maximum Gasteiger partial charge on any atom is 0.0715 e. The largest absolute Gasteiger partial charge is 0.545 e. The van der Waals surface area contributed by atoms with Gasteiger partial charge in [0.15, 0.2) is 0 Å². The summed E-state index contributed by atoms with van der Waals surface area (Å²) in [5, 5.41) is 14.8. The van der Waals surface area contributed by atoms with Gasteiger partial charge in [-0.05, 0) is 46.7 Å². The summed E-state index contributed by atoms with van der Waals surface area (Å²) in [6.45, 7) is 0. The van der Waals surface area contributed by atoms with Crippen LogP contribution in [0.1, 0.15) is 15.2 Å². The van der Waals surface area contributed by atoms with Crippen molar-refractivity contribution >= 4 is 40.5 Å². The predicted octanol–water partition coefficient (Wildman–Crippen LogP) is 3.59. The Labute approximate surface area is 129 Å². The number of nitrogens with zero attached hydrogens (tertiary/aromatic N) is 1. The molecule has 0 aliphatic rings. The van der Waals surface area contributed by atoms with E-state index in [0.29, 0.717) is 5.69 Å². The van der Waals surface area contributed by atoms with Crippen molar-refractivity contribution in [1.82, 2.24) is 0 Å². The summed E-state index contributed by atoms with van der Waals surface area (Å²) < 4.78 is 0. The number of carboxylic acid groups (broad SMARTS) is 1. The van der Waals surface area contributed by atoms with Gasteiger partial charge >= 0.3 is 0 Å². The van der Waals surface area contributed by atoms with Crippen LogP contribution in [0, 0.1) is 0 Å². The average molecular weight is 312 g/mol. The lowest BCUT2D eigenvalue weighted by molar-refractivity contribution is -0.255. The zero-order chi connectivity index (χ0) is 14.7. The van der Waals surface area contributed by atoms with Gasteiger partial charge in [0.2, 0.25) is 0 Å². The Morgan fingerprint density at radius 1 is 1.10 bits per heavy atom. The Kier molecular flexibility index (Phi) is 3.94. The number of aliphatic imine (C=N–C) groups is 1. The van der Waals surface area contributed by atoms with E-state index in [4.69, 9.17) is 0 Å². The zero-order valence-electron chi connectivity index (χ0n) is 10.9. The fourth-order valence-corrected chi connectivity index (χ4v) is 3.41. The number of hydrogen-bond donors (Lipinski definition) is 0. The van der Waals surface area contributed by atoms with Crippen molar-refractivity contribution in [2.75, 3.05) is 0 Å². The topological polar surface area (TPSA) is 52.5 Å². The summed E-state index contributed by atoms with van der Waals surface area (Å²) in [6.07, 6.45) is 1.79. The van der Waals surface area contributed by atoms with Crippen LogP contribution in [0.5, 0.6) is 0 Å². The van der Waals surface area contributed by atoms with Gasteiger partial charge in [0.1, 0.15) is 0 Å². The number of thiophene rings is 2. The highest BCUT2D eigenvalue weighted by Gasteiger charge is 2.01. The first kappa shape index (κ1) is 13.7. The molecule has 0 amide bonds. The predicted molar refractivity (Wildman–Crippen MR) is 85.7 cm³/mol. The monoisotopic (exact) mass is 312 g/mol. The molecule has 0 aliphatic heterocycles. The van der Waals surface area contributed by atoms with Crippen LogP contribution in [0.15, 0.2) is 58.2 Å². The molecule has 0 saturated heterocycles. The number of rotatable bonds is 4.